The summed E-state index contributed by atoms with van der Waals surface area (Å²) in [5, 5.41) is 0.923. The van der Waals surface area contributed by atoms with E-state index in [1.807, 2.05) is 12.1 Å². The van der Waals surface area contributed by atoms with Crippen LogP contribution in [-0.4, -0.2) is 19.2 Å². The summed E-state index contributed by atoms with van der Waals surface area (Å²) in [4.78, 5) is 14.4. The maximum Gasteiger partial charge on any atom is 0.261 e. The van der Waals surface area contributed by atoms with E-state index in [4.69, 9.17) is 0 Å². The number of hydrogen-bond donors (Lipinski definition) is 2. The topological polar surface area (TPSA) is 79.0 Å². The summed E-state index contributed by atoms with van der Waals surface area (Å²) in [5.41, 5.74) is 1.69. The smallest absolute Gasteiger partial charge is 0.261 e. The number of para-hydroxylation sites is 1. The van der Waals surface area contributed by atoms with Gasteiger partial charge in [-0.15, -0.1) is 0 Å². The first-order chi connectivity index (χ1) is 10.5. The van der Waals surface area contributed by atoms with Crippen LogP contribution in [0.3, 0.4) is 0 Å². The first-order valence-corrected chi connectivity index (χ1v) is 8.15. The van der Waals surface area contributed by atoms with Crippen LogP contribution < -0.4 is 4.72 Å². The van der Waals surface area contributed by atoms with Gasteiger partial charge in [0, 0.05) is 17.1 Å². The van der Waals surface area contributed by atoms with Gasteiger partial charge in [0.1, 0.15) is 0 Å². The summed E-state index contributed by atoms with van der Waals surface area (Å²) in [7, 11) is -3.71. The number of aromatic amines is 1. The predicted molar refractivity (Wildman–Crippen MR) is 85.6 cm³/mol. The van der Waals surface area contributed by atoms with Crippen molar-refractivity contribution < 1.29 is 13.2 Å². The van der Waals surface area contributed by atoms with Crippen LogP contribution in [0.15, 0.2) is 59.6 Å². The van der Waals surface area contributed by atoms with Crippen LogP contribution in [0.2, 0.25) is 0 Å². The number of nitrogens with one attached hydrogen (secondary N) is 2. The number of carbonyl (C=O) groups excluding carboxylic acids is 1. The molecular weight excluding hydrogens is 300 g/mol. The molecule has 1 aromatic heterocycles. The normalized spacial score (nSPS) is 11.5. The molecule has 6 heteroatoms. The molecule has 0 spiro atoms. The summed E-state index contributed by atoms with van der Waals surface area (Å²) >= 11 is 0. The fourth-order valence-corrected chi connectivity index (χ4v) is 3.31. The zero-order valence-electron chi connectivity index (χ0n) is 11.8. The summed E-state index contributed by atoms with van der Waals surface area (Å²) in [6, 6.07) is 13.1. The largest absolute Gasteiger partial charge is 0.359 e. The molecule has 0 bridgehead atoms. The number of Topliss-reactive ketones (excluding diaryl/α,β-unsaturated/α-hetero) is 1. The molecule has 0 saturated heterocycles. The molecule has 112 valence electrons. The van der Waals surface area contributed by atoms with Crippen LogP contribution in [-0.2, 0) is 10.0 Å². The number of carbonyl (C=O) groups is 1. The third kappa shape index (κ3) is 2.60. The van der Waals surface area contributed by atoms with Gasteiger partial charge in [-0.1, -0.05) is 24.3 Å². The average Bonchev–Trinajstić information content (AvgIpc) is 2.96. The minimum absolute atomic E-state index is 0.104. The average molecular weight is 314 g/mol. The number of H-pyrrole nitrogens is 1. The minimum Gasteiger partial charge on any atom is -0.359 e. The van der Waals surface area contributed by atoms with Crippen LogP contribution >= 0.6 is 0 Å². The van der Waals surface area contributed by atoms with Gasteiger partial charge in [0.05, 0.1) is 16.1 Å². The standard InChI is InChI=1S/C16H14N2O3S/c1-11(19)12-5-7-14(8-6-12)22(20,21)18-15-4-2-3-13-9-10-17-16(13)15/h2-10,17-18H,1H3. The Balaban J connectivity index is 1.96. The van der Waals surface area contributed by atoms with Crippen molar-refractivity contribution in [2.75, 3.05) is 4.72 Å². The van der Waals surface area contributed by atoms with E-state index in [1.165, 1.54) is 31.2 Å². The molecule has 0 aliphatic heterocycles. The third-order valence-corrected chi connectivity index (χ3v) is 4.78. The van der Waals surface area contributed by atoms with Crippen molar-refractivity contribution in [2.45, 2.75) is 11.8 Å². The van der Waals surface area contributed by atoms with E-state index in [-0.39, 0.29) is 10.7 Å². The molecule has 2 aromatic carbocycles. The van der Waals surface area contributed by atoms with Crippen LogP contribution in [0.4, 0.5) is 5.69 Å². The lowest BCUT2D eigenvalue weighted by atomic mass is 10.2. The highest BCUT2D eigenvalue weighted by molar-refractivity contribution is 7.92. The predicted octanol–water partition coefficient (Wildman–Crippen LogP) is 3.17. The zero-order chi connectivity index (χ0) is 15.7. The number of hydrogen-bond acceptors (Lipinski definition) is 3. The molecule has 0 aliphatic rings. The number of aromatic nitrogens is 1. The van der Waals surface area contributed by atoms with Gasteiger partial charge in [0.25, 0.3) is 10.0 Å². The molecule has 22 heavy (non-hydrogen) atoms. The number of fused-ring (bicyclic) bond motifs is 1. The van der Waals surface area contributed by atoms with Crippen molar-refractivity contribution in [3.8, 4) is 0 Å². The van der Waals surface area contributed by atoms with Crippen LogP contribution in [0.25, 0.3) is 10.9 Å². The highest BCUT2D eigenvalue weighted by Crippen LogP contribution is 2.24. The first-order valence-electron chi connectivity index (χ1n) is 6.67. The van der Waals surface area contributed by atoms with Gasteiger partial charge in [-0.3, -0.25) is 9.52 Å². The Hall–Kier alpha value is -2.60. The second kappa shape index (κ2) is 5.31. The summed E-state index contributed by atoms with van der Waals surface area (Å²) in [6.45, 7) is 1.44. The van der Waals surface area contributed by atoms with E-state index in [0.717, 1.165) is 10.9 Å². The zero-order valence-corrected chi connectivity index (χ0v) is 12.6. The summed E-state index contributed by atoms with van der Waals surface area (Å²) in [5.74, 6) is -0.104. The fourth-order valence-electron chi connectivity index (χ4n) is 2.24. The fraction of sp³-hybridized carbons (Fsp3) is 0.0625. The Labute approximate surface area is 128 Å². The van der Waals surface area contributed by atoms with E-state index in [0.29, 0.717) is 11.3 Å². The van der Waals surface area contributed by atoms with Crippen molar-refractivity contribution >= 4 is 32.4 Å². The third-order valence-electron chi connectivity index (χ3n) is 3.40. The van der Waals surface area contributed by atoms with Crippen molar-refractivity contribution in [2.24, 2.45) is 0 Å². The lowest BCUT2D eigenvalue weighted by Crippen LogP contribution is -2.13. The number of anilines is 1. The second-order valence-electron chi connectivity index (χ2n) is 4.93. The van der Waals surface area contributed by atoms with Gasteiger partial charge >= 0.3 is 0 Å². The Bertz CT molecular complexity index is 941. The molecule has 0 amide bonds. The monoisotopic (exact) mass is 314 g/mol. The van der Waals surface area contributed by atoms with Gasteiger partial charge in [-0.2, -0.15) is 0 Å². The molecule has 0 unspecified atom stereocenters. The molecule has 0 radical (unpaired) electrons. The van der Waals surface area contributed by atoms with Crippen molar-refractivity contribution in [1.29, 1.82) is 0 Å². The lowest BCUT2D eigenvalue weighted by molar-refractivity contribution is 0.101. The van der Waals surface area contributed by atoms with Crippen LogP contribution in [0, 0.1) is 0 Å². The Morgan fingerprint density at radius 1 is 1.05 bits per heavy atom. The maximum atomic E-state index is 12.4. The molecule has 2 N–H and O–H groups in total. The van der Waals surface area contributed by atoms with Gasteiger partial charge in [-0.25, -0.2) is 8.42 Å². The van der Waals surface area contributed by atoms with Crippen molar-refractivity contribution in [3.63, 3.8) is 0 Å². The molecule has 3 aromatic rings. The second-order valence-corrected chi connectivity index (χ2v) is 6.62. The summed E-state index contributed by atoms with van der Waals surface area (Å²) < 4.78 is 27.4. The Morgan fingerprint density at radius 3 is 2.45 bits per heavy atom. The summed E-state index contributed by atoms with van der Waals surface area (Å²) in [6.07, 6.45) is 1.75. The highest BCUT2D eigenvalue weighted by Gasteiger charge is 2.16. The van der Waals surface area contributed by atoms with Crippen LogP contribution in [0.1, 0.15) is 17.3 Å². The van der Waals surface area contributed by atoms with E-state index < -0.39 is 10.0 Å². The quantitative estimate of drug-likeness (QED) is 0.726. The molecular formula is C16H14N2O3S. The van der Waals surface area contributed by atoms with Gasteiger partial charge in [0.2, 0.25) is 0 Å². The SMILES string of the molecule is CC(=O)c1ccc(S(=O)(=O)Nc2cccc3cc[nH]c23)cc1. The first kappa shape index (κ1) is 14.3. The lowest BCUT2D eigenvalue weighted by Gasteiger charge is -2.09. The Morgan fingerprint density at radius 2 is 1.77 bits per heavy atom. The van der Waals surface area contributed by atoms with Crippen molar-refractivity contribution in [3.05, 3.63) is 60.3 Å². The van der Waals surface area contributed by atoms with Gasteiger partial charge in [0.15, 0.2) is 5.78 Å². The highest BCUT2D eigenvalue weighted by atomic mass is 32.2. The van der Waals surface area contributed by atoms with E-state index >= 15 is 0 Å². The molecule has 0 saturated carbocycles. The molecule has 3 rings (SSSR count). The minimum atomic E-state index is -3.71. The molecule has 0 atom stereocenters. The Kier molecular flexibility index (Phi) is 3.46. The maximum absolute atomic E-state index is 12.4. The van der Waals surface area contributed by atoms with E-state index in [2.05, 4.69) is 9.71 Å². The molecule has 5 nitrogen and oxygen atoms in total. The van der Waals surface area contributed by atoms with Gasteiger partial charge in [-0.05, 0) is 31.2 Å². The van der Waals surface area contributed by atoms with Gasteiger partial charge < -0.3 is 4.98 Å². The number of sulfonamides is 1. The molecule has 0 fully saturated rings. The molecule has 0 aliphatic carbocycles. The number of ketones is 1. The van der Waals surface area contributed by atoms with Crippen LogP contribution in [0.5, 0.6) is 0 Å². The van der Waals surface area contributed by atoms with E-state index in [9.17, 15) is 13.2 Å². The molecule has 1 heterocycles. The van der Waals surface area contributed by atoms with Crippen molar-refractivity contribution in [1.82, 2.24) is 4.98 Å². The number of rotatable bonds is 4. The number of benzene rings is 2. The van der Waals surface area contributed by atoms with E-state index in [1.54, 1.807) is 18.3 Å².